The Balaban J connectivity index is 4.39. The highest BCUT2D eigenvalue weighted by Gasteiger charge is 2.13. The van der Waals surface area contributed by atoms with Crippen LogP contribution in [-0.2, 0) is 4.84 Å². The molecule has 0 heterocycles. The van der Waals surface area contributed by atoms with Crippen LogP contribution in [0.4, 0.5) is 0 Å². The zero-order valence-electron chi connectivity index (χ0n) is 9.33. The first kappa shape index (κ1) is 12.3. The fourth-order valence-electron chi connectivity index (χ4n) is 0.829. The van der Waals surface area contributed by atoms with Crippen LogP contribution in [-0.4, -0.2) is 43.7 Å². The molecule has 14 heavy (non-hydrogen) atoms. The van der Waals surface area contributed by atoms with Crippen LogP contribution in [0.5, 0.6) is 0 Å². The molecule has 0 aromatic carbocycles. The molecule has 0 saturated heterocycles. The average Bonchev–Trinajstić information content (AvgIpc) is 2.11. The summed E-state index contributed by atoms with van der Waals surface area (Å²) in [6.07, 6.45) is 1.64. The smallest absolute Gasteiger partial charge is 0.305 e. The van der Waals surface area contributed by atoms with Gasteiger partial charge in [0.15, 0.2) is 0 Å². The van der Waals surface area contributed by atoms with E-state index < -0.39 is 0 Å². The summed E-state index contributed by atoms with van der Waals surface area (Å²) in [5.74, 6) is 0. The quantitative estimate of drug-likeness (QED) is 0.225. The molecule has 0 fully saturated rings. The van der Waals surface area contributed by atoms with E-state index in [2.05, 4.69) is 5.48 Å². The van der Waals surface area contributed by atoms with Gasteiger partial charge in [0, 0.05) is 0 Å². The minimum Gasteiger partial charge on any atom is -0.305 e. The number of nitriles is 1. The summed E-state index contributed by atoms with van der Waals surface area (Å²) in [6.45, 7) is 1.76. The Morgan fingerprint density at radius 2 is 2.07 bits per heavy atom. The SMILES string of the molecule is C/C=C(/C#N)NOC(N(C)C)=[N+](C)C. The maximum atomic E-state index is 8.62. The first-order valence-electron chi connectivity index (χ1n) is 4.23. The van der Waals surface area contributed by atoms with E-state index in [0.29, 0.717) is 11.7 Å². The Morgan fingerprint density at radius 3 is 2.36 bits per heavy atom. The van der Waals surface area contributed by atoms with E-state index in [1.165, 1.54) is 0 Å². The number of allylic oxidation sites excluding steroid dienone is 2. The molecule has 5 heteroatoms. The number of hydrogen-bond donors (Lipinski definition) is 1. The van der Waals surface area contributed by atoms with Crippen LogP contribution < -0.4 is 5.48 Å². The number of nitrogens with zero attached hydrogens (tertiary/aromatic N) is 3. The molecule has 0 spiro atoms. The molecule has 0 aliphatic heterocycles. The second-order valence-electron chi connectivity index (χ2n) is 3.09. The van der Waals surface area contributed by atoms with Crippen LogP contribution in [0, 0.1) is 11.3 Å². The molecule has 0 aromatic heterocycles. The van der Waals surface area contributed by atoms with Crippen molar-refractivity contribution in [2.24, 2.45) is 0 Å². The predicted octanol–water partition coefficient (Wildman–Crippen LogP) is 0.125. The predicted molar refractivity (Wildman–Crippen MR) is 54.4 cm³/mol. The summed E-state index contributed by atoms with van der Waals surface area (Å²) in [5, 5.41) is 8.62. The van der Waals surface area contributed by atoms with Crippen molar-refractivity contribution >= 4 is 6.02 Å². The third-order valence-electron chi connectivity index (χ3n) is 1.43. The Kier molecular flexibility index (Phi) is 5.15. The summed E-state index contributed by atoms with van der Waals surface area (Å²) in [5.41, 5.74) is 2.94. The monoisotopic (exact) mass is 197 g/mol. The molecule has 0 unspecified atom stereocenters. The first-order chi connectivity index (χ1) is 6.52. The molecule has 0 saturated carbocycles. The third-order valence-corrected chi connectivity index (χ3v) is 1.43. The Morgan fingerprint density at radius 1 is 1.50 bits per heavy atom. The highest BCUT2D eigenvalue weighted by atomic mass is 16.7. The van der Waals surface area contributed by atoms with Gasteiger partial charge >= 0.3 is 6.02 Å². The van der Waals surface area contributed by atoms with E-state index in [9.17, 15) is 0 Å². The van der Waals surface area contributed by atoms with Gasteiger partial charge in [-0.25, -0.2) is 15.0 Å². The highest BCUT2D eigenvalue weighted by molar-refractivity contribution is 5.67. The molecule has 0 radical (unpaired) electrons. The second kappa shape index (κ2) is 5.86. The average molecular weight is 197 g/mol. The van der Waals surface area contributed by atoms with Gasteiger partial charge in [-0.2, -0.15) is 5.26 Å². The van der Waals surface area contributed by atoms with Gasteiger partial charge < -0.3 is 4.84 Å². The summed E-state index contributed by atoms with van der Waals surface area (Å²) in [4.78, 5) is 7.04. The maximum absolute atomic E-state index is 8.62. The zero-order chi connectivity index (χ0) is 11.1. The normalized spacial score (nSPS) is 10.1. The molecule has 0 aliphatic carbocycles. The fraction of sp³-hybridized carbons (Fsp3) is 0.556. The molecule has 5 nitrogen and oxygen atoms in total. The van der Waals surface area contributed by atoms with Crippen LogP contribution in [0.2, 0.25) is 0 Å². The molecule has 0 rings (SSSR count). The van der Waals surface area contributed by atoms with Gasteiger partial charge in [-0.1, -0.05) is 6.08 Å². The fourth-order valence-corrected chi connectivity index (χ4v) is 0.829. The molecule has 0 aliphatic rings. The molecular weight excluding hydrogens is 180 g/mol. The van der Waals surface area contributed by atoms with Crippen LogP contribution in [0.1, 0.15) is 6.92 Å². The van der Waals surface area contributed by atoms with E-state index in [1.54, 1.807) is 22.5 Å². The molecule has 1 N–H and O–H groups in total. The minimum atomic E-state index is 0.381. The summed E-state index contributed by atoms with van der Waals surface area (Å²) in [7, 11) is 7.44. The first-order valence-corrected chi connectivity index (χ1v) is 4.23. The van der Waals surface area contributed by atoms with Crippen molar-refractivity contribution in [2.45, 2.75) is 6.92 Å². The van der Waals surface area contributed by atoms with Crippen molar-refractivity contribution in [1.82, 2.24) is 10.4 Å². The van der Waals surface area contributed by atoms with E-state index in [-0.39, 0.29) is 0 Å². The second-order valence-corrected chi connectivity index (χ2v) is 3.09. The van der Waals surface area contributed by atoms with Crippen LogP contribution in [0.15, 0.2) is 11.8 Å². The summed E-state index contributed by atoms with van der Waals surface area (Å²) >= 11 is 0. The number of nitrogens with one attached hydrogen (secondary N) is 1. The summed E-state index contributed by atoms with van der Waals surface area (Å²) in [6, 6.07) is 2.58. The lowest BCUT2D eigenvalue weighted by molar-refractivity contribution is -0.481. The molecule has 0 amide bonds. The van der Waals surface area contributed by atoms with Crippen LogP contribution in [0.3, 0.4) is 0 Å². The number of amidine groups is 1. The van der Waals surface area contributed by atoms with Crippen molar-refractivity contribution in [1.29, 1.82) is 5.26 Å². The topological polar surface area (TPSA) is 51.3 Å². The van der Waals surface area contributed by atoms with Gasteiger partial charge in [-0.3, -0.25) is 0 Å². The molecular formula is C9H17N4O+. The van der Waals surface area contributed by atoms with E-state index in [4.69, 9.17) is 10.1 Å². The maximum Gasteiger partial charge on any atom is 0.470 e. The van der Waals surface area contributed by atoms with E-state index in [1.807, 2.05) is 34.3 Å². The Labute approximate surface area is 84.8 Å². The standard InChI is InChI=1S/C9H17N4O/c1-6-8(7-10)11-14-9(12(2)3)13(4)5/h6,11H,1-5H3/q+1/b8-6-. The van der Waals surface area contributed by atoms with Crippen molar-refractivity contribution in [3.8, 4) is 6.07 Å². The molecule has 0 atom stereocenters. The largest absolute Gasteiger partial charge is 0.470 e. The van der Waals surface area contributed by atoms with Gasteiger partial charge in [0.1, 0.15) is 11.8 Å². The Hall–Kier alpha value is -1.70. The van der Waals surface area contributed by atoms with Gasteiger partial charge in [0.2, 0.25) is 0 Å². The number of hydroxylamine groups is 1. The molecule has 78 valence electrons. The van der Waals surface area contributed by atoms with Crippen molar-refractivity contribution in [3.63, 3.8) is 0 Å². The lowest BCUT2D eigenvalue weighted by atomic mass is 10.5. The van der Waals surface area contributed by atoms with E-state index >= 15 is 0 Å². The van der Waals surface area contributed by atoms with Gasteiger partial charge in [-0.15, -0.1) is 0 Å². The van der Waals surface area contributed by atoms with Crippen LogP contribution >= 0.6 is 0 Å². The van der Waals surface area contributed by atoms with Crippen LogP contribution in [0.25, 0.3) is 0 Å². The van der Waals surface area contributed by atoms with Crippen molar-refractivity contribution in [3.05, 3.63) is 11.8 Å². The van der Waals surface area contributed by atoms with E-state index in [0.717, 1.165) is 0 Å². The minimum absolute atomic E-state index is 0.381. The zero-order valence-corrected chi connectivity index (χ0v) is 9.33. The highest BCUT2D eigenvalue weighted by Crippen LogP contribution is 1.88. The molecule has 0 bridgehead atoms. The lowest BCUT2D eigenvalue weighted by Crippen LogP contribution is -2.36. The number of rotatable bonds is 2. The third kappa shape index (κ3) is 3.81. The Bertz CT molecular complexity index is 282. The van der Waals surface area contributed by atoms with Gasteiger partial charge in [0.25, 0.3) is 0 Å². The molecule has 0 aromatic rings. The van der Waals surface area contributed by atoms with Gasteiger partial charge in [0.05, 0.1) is 28.2 Å². The summed E-state index contributed by atoms with van der Waals surface area (Å²) < 4.78 is 1.80. The van der Waals surface area contributed by atoms with Gasteiger partial charge in [-0.05, 0) is 6.92 Å². The lowest BCUT2D eigenvalue weighted by Gasteiger charge is -2.11. The van der Waals surface area contributed by atoms with Crippen molar-refractivity contribution < 1.29 is 9.41 Å². The number of hydrogen-bond acceptors (Lipinski definition) is 3. The van der Waals surface area contributed by atoms with Crippen molar-refractivity contribution in [2.75, 3.05) is 28.2 Å².